The predicted molar refractivity (Wildman–Crippen MR) is 81.6 cm³/mol. The van der Waals surface area contributed by atoms with Crippen LogP contribution in [0.15, 0.2) is 48.5 Å². The molecule has 0 bridgehead atoms. The van der Waals surface area contributed by atoms with E-state index in [9.17, 15) is 19.8 Å². The fourth-order valence-electron chi connectivity index (χ4n) is 1.74. The molecule has 23 heavy (non-hydrogen) atoms. The van der Waals surface area contributed by atoms with Crippen LogP contribution in [-0.2, 0) is 14.1 Å². The number of para-hydroxylation sites is 2. The summed E-state index contributed by atoms with van der Waals surface area (Å²) in [5, 5.41) is 19.9. The van der Waals surface area contributed by atoms with E-state index in [-0.39, 0.29) is 22.6 Å². The molecule has 2 amide bonds. The van der Waals surface area contributed by atoms with Crippen LogP contribution in [0.5, 0.6) is 11.5 Å². The summed E-state index contributed by atoms with van der Waals surface area (Å²) in [5.41, 5.74) is 0.286. The van der Waals surface area contributed by atoms with Crippen LogP contribution in [-0.4, -0.2) is 22.0 Å². The number of phenols is 2. The summed E-state index contributed by atoms with van der Waals surface area (Å²) in [5.74, 6) is -1.18. The molecule has 0 heterocycles. The molecule has 2 aromatic rings. The van der Waals surface area contributed by atoms with Gasteiger partial charge in [-0.1, -0.05) is 0 Å². The summed E-state index contributed by atoms with van der Waals surface area (Å²) in [6, 6.07) is 12.4. The van der Waals surface area contributed by atoms with Gasteiger partial charge in [0.25, 0.3) is 0 Å². The molecule has 124 valence electrons. The molecular formula is C16H17CoN2O4. The number of carbonyl (C=O) groups excluding carboxylic acids is 2. The van der Waals surface area contributed by atoms with Gasteiger partial charge in [0.15, 0.2) is 0 Å². The molecule has 0 fully saturated rings. The third-order valence-corrected chi connectivity index (χ3v) is 4.72. The minimum absolute atomic E-state index is 0.123. The number of hydrogen-bond donors (Lipinski definition) is 4. The van der Waals surface area contributed by atoms with Crippen molar-refractivity contribution >= 4 is 11.8 Å². The molecule has 0 saturated heterocycles. The standard InChI is InChI=1S/2C7H7NO2.C2H5.Co/c2*8-7(10)5-3-1-2-4-6(5)9;1-2;/h2*1-4H,(H3,8,9,10);1H2,2H3;/q;;;+2/p-2. The van der Waals surface area contributed by atoms with Crippen molar-refractivity contribution in [2.24, 2.45) is 0 Å². The molecule has 0 aromatic heterocycles. The van der Waals surface area contributed by atoms with Gasteiger partial charge in [0.2, 0.25) is 0 Å². The zero-order valence-electron chi connectivity index (χ0n) is 12.4. The molecule has 0 radical (unpaired) electrons. The normalized spacial score (nSPS) is 10.7. The van der Waals surface area contributed by atoms with E-state index >= 15 is 0 Å². The average molecular weight is 360 g/mol. The Morgan fingerprint density at radius 1 is 0.870 bits per heavy atom. The van der Waals surface area contributed by atoms with Gasteiger partial charge in [-0.2, -0.15) is 0 Å². The van der Waals surface area contributed by atoms with E-state index in [1.165, 1.54) is 24.3 Å². The second-order valence-corrected chi connectivity index (χ2v) is 6.67. The fourth-order valence-corrected chi connectivity index (χ4v) is 3.03. The Bertz CT molecular complexity index is 661. The predicted octanol–water partition coefficient (Wildman–Crippen LogP) is 2.14. The number of nitrogens with one attached hydrogen (secondary N) is 2. The van der Waals surface area contributed by atoms with Crippen molar-refractivity contribution in [2.45, 2.75) is 12.3 Å². The number of rotatable bonds is 5. The molecule has 0 spiro atoms. The van der Waals surface area contributed by atoms with Gasteiger partial charge < -0.3 is 0 Å². The van der Waals surface area contributed by atoms with Gasteiger partial charge >= 0.3 is 138 Å². The maximum atomic E-state index is 12.2. The molecule has 2 aromatic carbocycles. The number of benzene rings is 2. The molecule has 0 unspecified atom stereocenters. The summed E-state index contributed by atoms with van der Waals surface area (Å²) < 4.78 is 5.39. The first-order valence-electron chi connectivity index (χ1n) is 6.79. The Morgan fingerprint density at radius 3 is 1.61 bits per heavy atom. The van der Waals surface area contributed by atoms with Gasteiger partial charge in [0, 0.05) is 0 Å². The van der Waals surface area contributed by atoms with E-state index in [1.807, 2.05) is 6.92 Å². The molecule has 4 N–H and O–H groups in total. The number of carbonyl (C=O) groups is 2. The van der Waals surface area contributed by atoms with E-state index in [4.69, 9.17) is 0 Å². The Kier molecular flexibility index (Phi) is 5.61. The van der Waals surface area contributed by atoms with E-state index in [0.29, 0.717) is 5.36 Å². The van der Waals surface area contributed by atoms with Crippen LogP contribution in [0.25, 0.3) is 0 Å². The molecule has 7 heteroatoms. The van der Waals surface area contributed by atoms with Gasteiger partial charge in [-0.3, -0.25) is 0 Å². The van der Waals surface area contributed by atoms with E-state index in [2.05, 4.69) is 8.73 Å². The first-order valence-corrected chi connectivity index (χ1v) is 8.56. The van der Waals surface area contributed by atoms with Gasteiger partial charge in [-0.05, 0) is 0 Å². The van der Waals surface area contributed by atoms with Crippen LogP contribution in [0.1, 0.15) is 27.6 Å². The first kappa shape index (κ1) is 16.9. The van der Waals surface area contributed by atoms with Gasteiger partial charge in [0.1, 0.15) is 0 Å². The van der Waals surface area contributed by atoms with Crippen LogP contribution in [0.4, 0.5) is 0 Å². The quantitative estimate of drug-likeness (QED) is 0.657. The Balaban J connectivity index is 2.06. The average Bonchev–Trinajstić information content (AvgIpc) is 2.54. The molecule has 0 saturated carbocycles. The van der Waals surface area contributed by atoms with Crippen molar-refractivity contribution < 1.29 is 33.9 Å². The second kappa shape index (κ2) is 7.66. The van der Waals surface area contributed by atoms with Crippen LogP contribution in [0.2, 0.25) is 5.36 Å². The van der Waals surface area contributed by atoms with E-state index in [1.54, 1.807) is 24.3 Å². The van der Waals surface area contributed by atoms with Gasteiger partial charge in [-0.25, -0.2) is 0 Å². The Labute approximate surface area is 138 Å². The van der Waals surface area contributed by atoms with Gasteiger partial charge in [0.05, 0.1) is 0 Å². The number of amides is 2. The van der Waals surface area contributed by atoms with Crippen molar-refractivity contribution in [1.29, 1.82) is 0 Å². The SMILES string of the molecule is C[CH2][Co]([NH]C(=O)c1ccccc1O)[NH]C(=O)c1ccccc1O. The van der Waals surface area contributed by atoms with Crippen molar-refractivity contribution in [3.63, 3.8) is 0 Å². The van der Waals surface area contributed by atoms with Crippen LogP contribution in [0.3, 0.4) is 0 Å². The van der Waals surface area contributed by atoms with E-state index in [0.717, 1.165) is 0 Å². The molecule has 2 rings (SSSR count). The summed E-state index contributed by atoms with van der Waals surface area (Å²) in [7, 11) is 0. The monoisotopic (exact) mass is 360 g/mol. The minimum atomic E-state index is -1.31. The second-order valence-electron chi connectivity index (χ2n) is 4.41. The number of hydrogen-bond acceptors (Lipinski definition) is 4. The number of aromatic hydroxyl groups is 2. The number of phenolic OH excluding ortho intramolecular Hbond substituents is 2. The Hall–Kier alpha value is -2.51. The van der Waals surface area contributed by atoms with Crippen molar-refractivity contribution in [2.75, 3.05) is 0 Å². The van der Waals surface area contributed by atoms with E-state index < -0.39 is 25.9 Å². The summed E-state index contributed by atoms with van der Waals surface area (Å²) in [4.78, 5) is 24.3. The third kappa shape index (κ3) is 4.24. The molecule has 0 aliphatic heterocycles. The zero-order chi connectivity index (χ0) is 16.8. The van der Waals surface area contributed by atoms with Crippen LogP contribution < -0.4 is 8.73 Å². The van der Waals surface area contributed by atoms with Crippen molar-refractivity contribution in [3.05, 3.63) is 59.7 Å². The van der Waals surface area contributed by atoms with Crippen molar-refractivity contribution in [3.8, 4) is 11.5 Å². The summed E-state index contributed by atoms with van der Waals surface area (Å²) >= 11 is -1.31. The first-order chi connectivity index (χ1) is 11.0. The van der Waals surface area contributed by atoms with Crippen LogP contribution >= 0.6 is 0 Å². The molecule has 0 aliphatic rings. The van der Waals surface area contributed by atoms with Crippen LogP contribution in [0, 0.1) is 0 Å². The molecule has 6 nitrogen and oxygen atoms in total. The molecule has 0 aliphatic carbocycles. The van der Waals surface area contributed by atoms with Crippen molar-refractivity contribution in [1.82, 2.24) is 8.73 Å². The van der Waals surface area contributed by atoms with Gasteiger partial charge in [-0.15, -0.1) is 0 Å². The molecule has 0 atom stereocenters. The third-order valence-electron chi connectivity index (χ3n) is 2.89. The topological polar surface area (TPSA) is 98.7 Å². The molecular weight excluding hydrogens is 343 g/mol. The maximum absolute atomic E-state index is 12.2. The zero-order valence-corrected chi connectivity index (χ0v) is 13.4. The summed E-state index contributed by atoms with van der Waals surface area (Å²) in [6.45, 7) is 1.82. The summed E-state index contributed by atoms with van der Waals surface area (Å²) in [6.07, 6.45) is 0. The fraction of sp³-hybridized carbons (Fsp3) is 0.125. The Morgan fingerprint density at radius 2 is 1.26 bits per heavy atom.